The molecular formula is C17H20N2O3. The molecular weight excluding hydrogens is 280 g/mol. The zero-order valence-electron chi connectivity index (χ0n) is 12.9. The molecule has 3 atom stereocenters. The summed E-state index contributed by atoms with van der Waals surface area (Å²) in [4.78, 5) is 25.9. The van der Waals surface area contributed by atoms with Crippen LogP contribution >= 0.6 is 0 Å². The summed E-state index contributed by atoms with van der Waals surface area (Å²) in [6.45, 7) is 3.76. The van der Waals surface area contributed by atoms with Crippen LogP contribution in [0.1, 0.15) is 44.8 Å². The Kier molecular flexibility index (Phi) is 5.16. The van der Waals surface area contributed by atoms with Gasteiger partial charge in [-0.25, -0.2) is 9.69 Å². The van der Waals surface area contributed by atoms with E-state index in [0.717, 1.165) is 12.0 Å². The summed E-state index contributed by atoms with van der Waals surface area (Å²) in [5, 5.41) is 8.88. The van der Waals surface area contributed by atoms with Crippen molar-refractivity contribution < 1.29 is 14.3 Å². The highest BCUT2D eigenvalue weighted by molar-refractivity contribution is 5.95. The average Bonchev–Trinajstić information content (AvgIpc) is 2.82. The lowest BCUT2D eigenvalue weighted by Crippen LogP contribution is -2.41. The molecule has 1 saturated heterocycles. The number of nitriles is 1. The Morgan fingerprint density at radius 2 is 2.09 bits per heavy atom. The molecule has 1 aliphatic rings. The molecule has 2 amide bonds. The summed E-state index contributed by atoms with van der Waals surface area (Å²) in [7, 11) is 0. The van der Waals surface area contributed by atoms with E-state index in [2.05, 4.69) is 0 Å². The van der Waals surface area contributed by atoms with Crippen LogP contribution in [0, 0.1) is 17.2 Å². The number of imide groups is 1. The molecule has 0 aliphatic carbocycles. The van der Waals surface area contributed by atoms with Gasteiger partial charge in [-0.1, -0.05) is 43.7 Å². The van der Waals surface area contributed by atoms with Crippen LogP contribution < -0.4 is 0 Å². The van der Waals surface area contributed by atoms with E-state index >= 15 is 0 Å². The third kappa shape index (κ3) is 3.11. The van der Waals surface area contributed by atoms with Crippen LogP contribution in [0.4, 0.5) is 4.79 Å². The normalized spacial score (nSPS) is 22.0. The number of carbonyl (C=O) groups is 2. The molecule has 116 valence electrons. The van der Waals surface area contributed by atoms with E-state index in [1.807, 2.05) is 43.3 Å². The average molecular weight is 300 g/mol. The highest BCUT2D eigenvalue weighted by atomic mass is 16.6. The number of hydrogen-bond donors (Lipinski definition) is 0. The number of benzene rings is 1. The predicted octanol–water partition coefficient (Wildman–Crippen LogP) is 3.42. The van der Waals surface area contributed by atoms with Crippen LogP contribution in [-0.4, -0.2) is 22.9 Å². The Labute approximate surface area is 130 Å². The summed E-state index contributed by atoms with van der Waals surface area (Å²) < 4.78 is 5.38. The van der Waals surface area contributed by atoms with Crippen LogP contribution in [0.5, 0.6) is 0 Å². The van der Waals surface area contributed by atoms with Crippen molar-refractivity contribution in [2.24, 2.45) is 5.92 Å². The highest BCUT2D eigenvalue weighted by Gasteiger charge is 2.44. The second-order valence-corrected chi connectivity index (χ2v) is 5.51. The monoisotopic (exact) mass is 300 g/mol. The van der Waals surface area contributed by atoms with Gasteiger partial charge >= 0.3 is 6.09 Å². The van der Waals surface area contributed by atoms with Gasteiger partial charge in [-0.2, -0.15) is 5.26 Å². The van der Waals surface area contributed by atoms with Gasteiger partial charge in [0.2, 0.25) is 5.91 Å². The molecule has 1 aromatic carbocycles. The molecule has 0 bridgehead atoms. The topological polar surface area (TPSA) is 70.4 Å². The van der Waals surface area contributed by atoms with Crippen molar-refractivity contribution in [2.75, 3.05) is 0 Å². The fraction of sp³-hybridized carbons (Fsp3) is 0.471. The van der Waals surface area contributed by atoms with Crippen molar-refractivity contribution in [3.8, 4) is 6.07 Å². The first-order valence-electron chi connectivity index (χ1n) is 7.55. The summed E-state index contributed by atoms with van der Waals surface area (Å²) in [6, 6.07) is 11.0. The first-order valence-corrected chi connectivity index (χ1v) is 7.55. The van der Waals surface area contributed by atoms with Crippen molar-refractivity contribution >= 4 is 12.0 Å². The number of nitrogens with zero attached hydrogens (tertiary/aromatic N) is 2. The van der Waals surface area contributed by atoms with E-state index in [0.29, 0.717) is 6.42 Å². The molecule has 0 radical (unpaired) electrons. The number of cyclic esters (lactones) is 1. The van der Waals surface area contributed by atoms with Gasteiger partial charge in [0.25, 0.3) is 0 Å². The van der Waals surface area contributed by atoms with E-state index in [-0.39, 0.29) is 18.4 Å². The Morgan fingerprint density at radius 3 is 2.68 bits per heavy atom. The lowest BCUT2D eigenvalue weighted by molar-refractivity contribution is -0.133. The number of carbonyl (C=O) groups excluding carboxylic acids is 2. The molecule has 22 heavy (non-hydrogen) atoms. The van der Waals surface area contributed by atoms with Crippen LogP contribution in [0.25, 0.3) is 0 Å². The third-order valence-corrected chi connectivity index (χ3v) is 3.96. The molecule has 1 aromatic rings. The smallest absolute Gasteiger partial charge is 0.417 e. The molecule has 1 aliphatic heterocycles. The standard InChI is InChI=1S/C17H20N2O3/c1-3-7-14(10-11-18)16(20)19-12(2)15(22-17(19)21)13-8-5-4-6-9-13/h4-6,8-9,12,14-15H,3,7,10H2,1-2H3/t12-,14+,15-/m1/s1. The predicted molar refractivity (Wildman–Crippen MR) is 80.6 cm³/mol. The van der Waals surface area contributed by atoms with E-state index < -0.39 is 18.1 Å². The Bertz CT molecular complexity index is 579. The van der Waals surface area contributed by atoms with Gasteiger partial charge in [-0.05, 0) is 18.9 Å². The molecule has 5 nitrogen and oxygen atoms in total. The maximum atomic E-state index is 12.6. The molecule has 5 heteroatoms. The second-order valence-electron chi connectivity index (χ2n) is 5.51. The van der Waals surface area contributed by atoms with Crippen LogP contribution in [0.3, 0.4) is 0 Å². The lowest BCUT2D eigenvalue weighted by Gasteiger charge is -2.23. The van der Waals surface area contributed by atoms with Crippen LogP contribution in [0.2, 0.25) is 0 Å². The number of rotatable bonds is 5. The van der Waals surface area contributed by atoms with Gasteiger partial charge in [-0.15, -0.1) is 0 Å². The number of amides is 2. The number of hydrogen-bond acceptors (Lipinski definition) is 4. The fourth-order valence-corrected chi connectivity index (χ4v) is 2.81. The third-order valence-electron chi connectivity index (χ3n) is 3.96. The van der Waals surface area contributed by atoms with Crippen molar-refractivity contribution in [2.45, 2.75) is 45.3 Å². The first kappa shape index (κ1) is 16.0. The SMILES string of the molecule is CCC[C@@H](CC#N)C(=O)N1C(=O)O[C@@H](c2ccccc2)[C@H]1C. The van der Waals surface area contributed by atoms with Gasteiger partial charge in [0.1, 0.15) is 6.10 Å². The first-order chi connectivity index (χ1) is 10.6. The zero-order chi connectivity index (χ0) is 16.1. The zero-order valence-corrected chi connectivity index (χ0v) is 12.9. The minimum atomic E-state index is -0.620. The Hall–Kier alpha value is -2.35. The minimum Gasteiger partial charge on any atom is -0.439 e. The largest absolute Gasteiger partial charge is 0.439 e. The van der Waals surface area contributed by atoms with Gasteiger partial charge in [0, 0.05) is 6.42 Å². The molecule has 1 fully saturated rings. The van der Waals surface area contributed by atoms with Crippen molar-refractivity contribution in [3.63, 3.8) is 0 Å². The molecule has 0 unspecified atom stereocenters. The molecule has 0 spiro atoms. The maximum Gasteiger partial charge on any atom is 0.417 e. The Morgan fingerprint density at radius 1 is 1.41 bits per heavy atom. The van der Waals surface area contributed by atoms with Crippen LogP contribution in [-0.2, 0) is 9.53 Å². The van der Waals surface area contributed by atoms with E-state index in [1.165, 1.54) is 4.90 Å². The highest BCUT2D eigenvalue weighted by Crippen LogP contribution is 2.33. The van der Waals surface area contributed by atoms with Gasteiger partial charge in [0.05, 0.1) is 18.0 Å². The summed E-state index contributed by atoms with van der Waals surface area (Å²) in [6.07, 6.45) is 0.433. The Balaban J connectivity index is 2.19. The van der Waals surface area contributed by atoms with Crippen LogP contribution in [0.15, 0.2) is 30.3 Å². The van der Waals surface area contributed by atoms with Gasteiger partial charge in [0.15, 0.2) is 0 Å². The lowest BCUT2D eigenvalue weighted by atomic mass is 9.97. The fourth-order valence-electron chi connectivity index (χ4n) is 2.81. The van der Waals surface area contributed by atoms with E-state index in [4.69, 9.17) is 10.00 Å². The van der Waals surface area contributed by atoms with Crippen molar-refractivity contribution in [1.82, 2.24) is 4.90 Å². The molecule has 1 heterocycles. The van der Waals surface area contributed by atoms with Gasteiger partial charge in [-0.3, -0.25) is 4.79 Å². The summed E-state index contributed by atoms with van der Waals surface area (Å²) >= 11 is 0. The second kappa shape index (κ2) is 7.08. The molecule has 0 aromatic heterocycles. The quantitative estimate of drug-likeness (QED) is 0.835. The molecule has 2 rings (SSSR count). The maximum absolute atomic E-state index is 12.6. The van der Waals surface area contributed by atoms with E-state index in [9.17, 15) is 9.59 Å². The summed E-state index contributed by atoms with van der Waals surface area (Å²) in [5.41, 5.74) is 0.867. The van der Waals surface area contributed by atoms with Crippen molar-refractivity contribution in [3.05, 3.63) is 35.9 Å². The molecule has 0 saturated carbocycles. The number of ether oxygens (including phenoxy) is 1. The van der Waals surface area contributed by atoms with Gasteiger partial charge < -0.3 is 4.74 Å². The summed E-state index contributed by atoms with van der Waals surface area (Å²) in [5.74, 6) is -0.751. The van der Waals surface area contributed by atoms with E-state index in [1.54, 1.807) is 6.92 Å². The molecule has 0 N–H and O–H groups in total. The minimum absolute atomic E-state index is 0.124. The van der Waals surface area contributed by atoms with Crippen molar-refractivity contribution in [1.29, 1.82) is 5.26 Å².